The topological polar surface area (TPSA) is 66.8 Å². The molecule has 1 amide bonds. The number of pyridine rings is 2. The van der Waals surface area contributed by atoms with E-state index in [1.165, 1.54) is 33.7 Å². The second-order valence-corrected chi connectivity index (χ2v) is 7.48. The van der Waals surface area contributed by atoms with Gasteiger partial charge in [-0.1, -0.05) is 0 Å². The minimum Gasteiger partial charge on any atom is -0.373 e. The number of benzene rings is 1. The summed E-state index contributed by atoms with van der Waals surface area (Å²) in [6, 6.07) is 5.42. The van der Waals surface area contributed by atoms with E-state index in [0.29, 0.717) is 11.3 Å². The third kappa shape index (κ3) is 3.00. The van der Waals surface area contributed by atoms with Crippen LogP contribution in [-0.4, -0.2) is 33.8 Å². The van der Waals surface area contributed by atoms with Crippen LogP contribution in [0.3, 0.4) is 0 Å². The molecule has 0 bridgehead atoms. The van der Waals surface area contributed by atoms with Crippen molar-refractivity contribution in [3.8, 4) is 0 Å². The Bertz CT molecular complexity index is 1430. The molecule has 6 nitrogen and oxygen atoms in total. The molecular weight excluding hydrogens is 411 g/mol. The summed E-state index contributed by atoms with van der Waals surface area (Å²) in [6.07, 6.45) is 3.14. The van der Waals surface area contributed by atoms with Crippen molar-refractivity contribution in [2.45, 2.75) is 12.6 Å². The second kappa shape index (κ2) is 6.98. The van der Waals surface area contributed by atoms with Gasteiger partial charge in [0.15, 0.2) is 11.6 Å². The Balaban J connectivity index is 1.62. The summed E-state index contributed by atoms with van der Waals surface area (Å²) in [6.45, 7) is 0.163. The fourth-order valence-electron chi connectivity index (χ4n) is 4.11. The van der Waals surface area contributed by atoms with Crippen molar-refractivity contribution in [3.63, 3.8) is 0 Å². The van der Waals surface area contributed by atoms with E-state index in [9.17, 15) is 22.8 Å². The molecule has 1 N–H and O–H groups in total. The first kappa shape index (κ1) is 19.4. The average Bonchev–Trinajstić information content (AvgIpc) is 3.19. The number of ether oxygens (including phenoxy) is 1. The van der Waals surface area contributed by atoms with Gasteiger partial charge in [-0.05, 0) is 35.7 Å². The minimum absolute atomic E-state index is 0.0120. The maximum absolute atomic E-state index is 14.0. The Morgan fingerprint density at radius 3 is 2.65 bits per heavy atom. The number of H-pyrrole nitrogens is 1. The number of carbonyl (C=O) groups is 1. The predicted molar refractivity (Wildman–Crippen MR) is 106 cm³/mol. The van der Waals surface area contributed by atoms with Crippen molar-refractivity contribution in [1.82, 2.24) is 14.3 Å². The van der Waals surface area contributed by atoms with E-state index < -0.39 is 35.0 Å². The van der Waals surface area contributed by atoms with Gasteiger partial charge in [0.1, 0.15) is 5.82 Å². The minimum atomic E-state index is -1.13. The molecule has 5 rings (SSSR count). The Labute approximate surface area is 173 Å². The third-order valence-electron chi connectivity index (χ3n) is 5.66. The van der Waals surface area contributed by atoms with Crippen LogP contribution in [0.25, 0.3) is 16.3 Å². The SMILES string of the molecule is CN(C(=O)c1cc2c(F)cccn2c1)[C@H]1COCc2[nH]c(=O)c3cc(F)c(F)cc3c21. The molecule has 0 radical (unpaired) electrons. The summed E-state index contributed by atoms with van der Waals surface area (Å²) in [4.78, 5) is 29.6. The van der Waals surface area contributed by atoms with Crippen LogP contribution in [0.4, 0.5) is 13.2 Å². The van der Waals surface area contributed by atoms with Crippen LogP contribution < -0.4 is 5.56 Å². The van der Waals surface area contributed by atoms with Gasteiger partial charge >= 0.3 is 0 Å². The first-order valence-electron chi connectivity index (χ1n) is 9.50. The first-order valence-corrected chi connectivity index (χ1v) is 9.50. The zero-order chi connectivity index (χ0) is 21.9. The number of carbonyl (C=O) groups excluding carboxylic acids is 1. The Morgan fingerprint density at radius 1 is 1.16 bits per heavy atom. The smallest absolute Gasteiger partial charge is 0.256 e. The second-order valence-electron chi connectivity index (χ2n) is 7.48. The zero-order valence-electron chi connectivity index (χ0n) is 16.3. The summed E-state index contributed by atoms with van der Waals surface area (Å²) in [7, 11) is 1.54. The van der Waals surface area contributed by atoms with E-state index in [1.54, 1.807) is 13.2 Å². The summed E-state index contributed by atoms with van der Waals surface area (Å²) >= 11 is 0. The van der Waals surface area contributed by atoms with Crippen LogP contribution in [0.1, 0.15) is 27.7 Å². The number of amides is 1. The van der Waals surface area contributed by atoms with Gasteiger partial charge in [-0.25, -0.2) is 13.2 Å². The number of aromatic amines is 1. The maximum Gasteiger partial charge on any atom is 0.256 e. The van der Waals surface area contributed by atoms with Gasteiger partial charge in [0.05, 0.1) is 35.7 Å². The highest BCUT2D eigenvalue weighted by Crippen LogP contribution is 2.34. The van der Waals surface area contributed by atoms with E-state index in [1.807, 2.05) is 0 Å². The summed E-state index contributed by atoms with van der Waals surface area (Å²) in [5.41, 5.74) is 0.829. The predicted octanol–water partition coefficient (Wildman–Crippen LogP) is 3.54. The van der Waals surface area contributed by atoms with Crippen molar-refractivity contribution >= 4 is 22.2 Å². The highest BCUT2D eigenvalue weighted by Gasteiger charge is 2.32. The van der Waals surface area contributed by atoms with Crippen LogP contribution in [-0.2, 0) is 11.3 Å². The molecular formula is C22H16F3N3O3. The quantitative estimate of drug-likeness (QED) is 0.532. The lowest BCUT2D eigenvalue weighted by atomic mass is 9.95. The molecule has 0 unspecified atom stereocenters. The molecule has 1 aromatic carbocycles. The van der Waals surface area contributed by atoms with Gasteiger partial charge in [0.25, 0.3) is 11.5 Å². The number of fused-ring (bicyclic) bond motifs is 4. The largest absolute Gasteiger partial charge is 0.373 e. The lowest BCUT2D eigenvalue weighted by Crippen LogP contribution is -2.37. The van der Waals surface area contributed by atoms with Gasteiger partial charge in [0, 0.05) is 30.7 Å². The summed E-state index contributed by atoms with van der Waals surface area (Å²) in [5.74, 6) is -3.09. The summed E-state index contributed by atoms with van der Waals surface area (Å²) in [5, 5.41) is 0.209. The van der Waals surface area contributed by atoms with E-state index in [0.717, 1.165) is 12.1 Å². The number of rotatable bonds is 2. The molecule has 3 aromatic heterocycles. The van der Waals surface area contributed by atoms with Gasteiger partial charge in [0.2, 0.25) is 0 Å². The summed E-state index contributed by atoms with van der Waals surface area (Å²) < 4.78 is 48.9. The number of likely N-dealkylation sites (N-methyl/N-ethyl adjacent to an activating group) is 1. The van der Waals surface area contributed by atoms with Crippen molar-refractivity contribution in [1.29, 1.82) is 0 Å². The Kier molecular flexibility index (Phi) is 4.37. The van der Waals surface area contributed by atoms with E-state index in [4.69, 9.17) is 4.74 Å². The highest BCUT2D eigenvalue weighted by molar-refractivity contribution is 5.96. The molecule has 1 aliphatic rings. The van der Waals surface area contributed by atoms with Gasteiger partial charge in [-0.3, -0.25) is 9.59 Å². The number of halogens is 3. The van der Waals surface area contributed by atoms with Crippen molar-refractivity contribution in [2.75, 3.05) is 13.7 Å². The zero-order valence-corrected chi connectivity index (χ0v) is 16.3. The molecule has 1 atom stereocenters. The number of aromatic nitrogens is 2. The van der Waals surface area contributed by atoms with Crippen LogP contribution in [0, 0.1) is 17.5 Å². The van der Waals surface area contributed by atoms with Crippen LogP contribution >= 0.6 is 0 Å². The third-order valence-corrected chi connectivity index (χ3v) is 5.66. The lowest BCUT2D eigenvalue weighted by Gasteiger charge is -2.33. The Hall–Kier alpha value is -3.59. The molecule has 31 heavy (non-hydrogen) atoms. The van der Waals surface area contributed by atoms with Crippen molar-refractivity contribution in [3.05, 3.63) is 87.4 Å². The molecule has 0 fully saturated rings. The lowest BCUT2D eigenvalue weighted by molar-refractivity contribution is 0.0336. The number of nitrogens with zero attached hydrogens (tertiary/aromatic N) is 2. The first-order chi connectivity index (χ1) is 14.8. The van der Waals surface area contributed by atoms with Gasteiger partial charge < -0.3 is 19.0 Å². The van der Waals surface area contributed by atoms with Crippen LogP contribution in [0.2, 0.25) is 0 Å². The normalized spacial score (nSPS) is 15.9. The fourth-order valence-corrected chi connectivity index (χ4v) is 4.11. The Morgan fingerprint density at radius 2 is 1.90 bits per heavy atom. The molecule has 158 valence electrons. The van der Waals surface area contributed by atoms with E-state index >= 15 is 0 Å². The molecule has 9 heteroatoms. The average molecular weight is 427 g/mol. The molecule has 4 aromatic rings. The standard InChI is InChI=1S/C22H16F3N3O3/c1-27(22(30)11-5-18-14(23)3-2-4-28(18)8-11)19-10-31-9-17-20(19)12-6-15(24)16(25)7-13(12)21(29)26-17/h2-8,19H,9-10H2,1H3,(H,26,29)/t19-/m0/s1. The molecule has 0 saturated carbocycles. The van der Waals surface area contributed by atoms with Crippen molar-refractivity contribution in [2.24, 2.45) is 0 Å². The molecule has 0 aliphatic carbocycles. The number of hydrogen-bond acceptors (Lipinski definition) is 3. The van der Waals surface area contributed by atoms with E-state index in [-0.39, 0.29) is 35.1 Å². The van der Waals surface area contributed by atoms with Gasteiger partial charge in [-0.15, -0.1) is 0 Å². The monoisotopic (exact) mass is 427 g/mol. The fraction of sp³-hybridized carbons (Fsp3) is 0.182. The van der Waals surface area contributed by atoms with Crippen molar-refractivity contribution < 1.29 is 22.7 Å². The van der Waals surface area contributed by atoms with E-state index in [2.05, 4.69) is 4.98 Å². The highest BCUT2D eigenvalue weighted by atomic mass is 19.2. The number of nitrogens with one attached hydrogen (secondary N) is 1. The maximum atomic E-state index is 14.0. The number of hydrogen-bond donors (Lipinski definition) is 1. The molecule has 1 aliphatic heterocycles. The molecule has 0 spiro atoms. The van der Waals surface area contributed by atoms with Crippen LogP contribution in [0.5, 0.6) is 0 Å². The van der Waals surface area contributed by atoms with Gasteiger partial charge in [-0.2, -0.15) is 0 Å². The molecule has 0 saturated heterocycles. The molecule has 4 heterocycles. The van der Waals surface area contributed by atoms with Crippen LogP contribution in [0.15, 0.2) is 47.5 Å².